The van der Waals surface area contributed by atoms with Crippen molar-refractivity contribution in [3.8, 4) is 0 Å². The highest BCUT2D eigenvalue weighted by Gasteiger charge is 2.40. The van der Waals surface area contributed by atoms with Crippen LogP contribution in [0.5, 0.6) is 0 Å². The number of likely N-dealkylation sites (tertiary alicyclic amines) is 1. The predicted molar refractivity (Wildman–Crippen MR) is 81.1 cm³/mol. The Morgan fingerprint density at radius 1 is 1.55 bits per heavy atom. The molecule has 3 rings (SSSR count). The lowest BCUT2D eigenvalue weighted by Gasteiger charge is -2.35. The first kappa shape index (κ1) is 14.3. The van der Waals surface area contributed by atoms with Gasteiger partial charge < -0.3 is 5.32 Å². The van der Waals surface area contributed by atoms with E-state index in [1.54, 1.807) is 11.3 Å². The van der Waals surface area contributed by atoms with Crippen molar-refractivity contribution in [1.29, 1.82) is 0 Å². The van der Waals surface area contributed by atoms with E-state index in [2.05, 4.69) is 15.2 Å². The zero-order chi connectivity index (χ0) is 13.9. The fraction of sp³-hybridized carbons (Fsp3) is 0.714. The van der Waals surface area contributed by atoms with Crippen LogP contribution in [0.2, 0.25) is 0 Å². The van der Waals surface area contributed by atoms with Crippen LogP contribution in [0.25, 0.3) is 0 Å². The Kier molecular flexibility index (Phi) is 4.58. The van der Waals surface area contributed by atoms with Gasteiger partial charge in [-0.15, -0.1) is 22.9 Å². The molecule has 0 saturated carbocycles. The molecule has 1 amide bonds. The molecule has 2 aliphatic heterocycles. The Morgan fingerprint density at radius 2 is 2.45 bits per heavy atom. The van der Waals surface area contributed by atoms with E-state index in [1.807, 2.05) is 5.38 Å². The number of carbonyl (C=O) groups excluding carboxylic acids is 1. The summed E-state index contributed by atoms with van der Waals surface area (Å²) >= 11 is 7.47. The average Bonchev–Trinajstić information content (AvgIpc) is 3.07. The maximum atomic E-state index is 11.7. The van der Waals surface area contributed by atoms with Gasteiger partial charge in [-0.1, -0.05) is 0 Å². The molecule has 2 saturated heterocycles. The number of alkyl halides is 1. The first-order valence-corrected chi connectivity index (χ1v) is 8.70. The first-order valence-electron chi connectivity index (χ1n) is 7.29. The predicted octanol–water partition coefficient (Wildman–Crippen LogP) is 2.02. The molecule has 0 radical (unpaired) electrons. The number of rotatable bonds is 5. The van der Waals surface area contributed by atoms with Crippen LogP contribution in [0.1, 0.15) is 30.0 Å². The highest BCUT2D eigenvalue weighted by Crippen LogP contribution is 2.27. The van der Waals surface area contributed by atoms with Crippen LogP contribution < -0.4 is 5.32 Å². The summed E-state index contributed by atoms with van der Waals surface area (Å²) in [4.78, 5) is 18.7. The number of carbonyl (C=O) groups is 1. The number of halogens is 1. The van der Waals surface area contributed by atoms with Crippen molar-refractivity contribution in [2.75, 3.05) is 19.6 Å². The maximum absolute atomic E-state index is 11.7. The molecule has 1 N–H and O–H groups in total. The van der Waals surface area contributed by atoms with E-state index in [-0.39, 0.29) is 11.8 Å². The Morgan fingerprint density at radius 3 is 3.25 bits per heavy atom. The van der Waals surface area contributed by atoms with Crippen molar-refractivity contribution >= 4 is 28.8 Å². The summed E-state index contributed by atoms with van der Waals surface area (Å²) in [5.74, 6) is 0.984. The number of nitrogens with one attached hydrogen (secondary N) is 1. The lowest BCUT2D eigenvalue weighted by molar-refractivity contribution is -0.124. The van der Waals surface area contributed by atoms with Crippen molar-refractivity contribution in [1.82, 2.24) is 15.2 Å². The lowest BCUT2D eigenvalue weighted by atomic mass is 9.91. The van der Waals surface area contributed by atoms with Crippen molar-refractivity contribution in [3.05, 3.63) is 16.1 Å². The van der Waals surface area contributed by atoms with Crippen LogP contribution >= 0.6 is 22.9 Å². The summed E-state index contributed by atoms with van der Waals surface area (Å²) in [7, 11) is 0. The van der Waals surface area contributed by atoms with Crippen LogP contribution in [0.4, 0.5) is 0 Å². The third-order valence-corrected chi connectivity index (χ3v) is 5.52. The molecule has 2 aliphatic rings. The van der Waals surface area contributed by atoms with Crippen LogP contribution in [-0.2, 0) is 17.1 Å². The molecule has 20 heavy (non-hydrogen) atoms. The maximum Gasteiger partial charge on any atom is 0.224 e. The molecule has 3 heterocycles. The molecule has 0 aliphatic carbocycles. The molecule has 0 spiro atoms. The van der Waals surface area contributed by atoms with E-state index in [0.717, 1.165) is 51.0 Å². The van der Waals surface area contributed by atoms with E-state index in [1.165, 1.54) is 5.01 Å². The number of hydrogen-bond acceptors (Lipinski definition) is 4. The number of amides is 1. The Balaban J connectivity index is 1.49. The second kappa shape index (κ2) is 6.41. The highest BCUT2D eigenvalue weighted by molar-refractivity contribution is 7.09. The largest absolute Gasteiger partial charge is 0.354 e. The molecule has 2 fully saturated rings. The van der Waals surface area contributed by atoms with Gasteiger partial charge in [0.1, 0.15) is 0 Å². The fourth-order valence-corrected chi connectivity index (χ4v) is 4.35. The first-order chi connectivity index (χ1) is 9.78. The minimum absolute atomic E-state index is 0.228. The Labute approximate surface area is 128 Å². The number of nitrogens with zero attached hydrogens (tertiary/aromatic N) is 2. The Hall–Kier alpha value is -0.650. The van der Waals surface area contributed by atoms with E-state index >= 15 is 0 Å². The van der Waals surface area contributed by atoms with Gasteiger partial charge >= 0.3 is 0 Å². The molecular formula is C14H20ClN3OS. The molecule has 4 nitrogen and oxygen atoms in total. The van der Waals surface area contributed by atoms with Crippen molar-refractivity contribution in [3.63, 3.8) is 0 Å². The summed E-state index contributed by atoms with van der Waals surface area (Å²) in [5, 5.41) is 6.22. The Bertz CT molecular complexity index is 479. The number of hydrogen-bond donors (Lipinski definition) is 1. The van der Waals surface area contributed by atoms with Crippen molar-refractivity contribution in [2.45, 2.75) is 37.6 Å². The molecule has 6 heteroatoms. The van der Waals surface area contributed by atoms with E-state index in [0.29, 0.717) is 11.9 Å². The van der Waals surface area contributed by atoms with Gasteiger partial charge in [0.15, 0.2) is 0 Å². The molecule has 1 aromatic heterocycles. The van der Waals surface area contributed by atoms with Crippen molar-refractivity contribution < 1.29 is 4.79 Å². The SMILES string of the molecule is O=C1NCC2C1CCCN2CCCc1nc(CCl)cs1. The monoisotopic (exact) mass is 313 g/mol. The van der Waals surface area contributed by atoms with E-state index in [9.17, 15) is 4.79 Å². The molecule has 2 unspecified atom stereocenters. The lowest BCUT2D eigenvalue weighted by Crippen LogP contribution is -2.45. The summed E-state index contributed by atoms with van der Waals surface area (Å²) in [6, 6.07) is 0.422. The zero-order valence-corrected chi connectivity index (χ0v) is 13.1. The molecule has 2 atom stereocenters. The van der Waals surface area contributed by atoms with Gasteiger partial charge in [-0.05, 0) is 32.4 Å². The summed E-state index contributed by atoms with van der Waals surface area (Å²) in [5.41, 5.74) is 0.982. The second-order valence-corrected chi connectivity index (χ2v) is 6.78. The number of aromatic nitrogens is 1. The van der Waals surface area contributed by atoms with Gasteiger partial charge in [0.2, 0.25) is 5.91 Å². The van der Waals surface area contributed by atoms with Gasteiger partial charge in [0, 0.05) is 24.4 Å². The average molecular weight is 314 g/mol. The number of thiazole rings is 1. The van der Waals surface area contributed by atoms with Gasteiger partial charge in [-0.25, -0.2) is 4.98 Å². The summed E-state index contributed by atoms with van der Waals surface area (Å²) in [6.45, 7) is 3.02. The third-order valence-electron chi connectivity index (χ3n) is 4.29. The topological polar surface area (TPSA) is 45.2 Å². The number of fused-ring (bicyclic) bond motifs is 1. The third kappa shape index (κ3) is 3.00. The van der Waals surface area contributed by atoms with Gasteiger partial charge in [0.05, 0.1) is 22.5 Å². The second-order valence-electron chi connectivity index (χ2n) is 5.57. The van der Waals surface area contributed by atoms with Gasteiger partial charge in [-0.3, -0.25) is 9.69 Å². The standard InChI is InChI=1S/C14H20ClN3OS/c15-7-10-9-20-13(17-10)4-2-6-18-5-1-3-11-12(18)8-16-14(11)19/h9,11-12H,1-8H2,(H,16,19). The molecule has 0 aromatic carbocycles. The van der Waals surface area contributed by atoms with E-state index < -0.39 is 0 Å². The van der Waals surface area contributed by atoms with Gasteiger partial charge in [-0.2, -0.15) is 0 Å². The van der Waals surface area contributed by atoms with Crippen LogP contribution in [-0.4, -0.2) is 41.5 Å². The molecular weight excluding hydrogens is 294 g/mol. The smallest absolute Gasteiger partial charge is 0.224 e. The van der Waals surface area contributed by atoms with Crippen molar-refractivity contribution in [2.24, 2.45) is 5.92 Å². The van der Waals surface area contributed by atoms with Crippen LogP contribution in [0, 0.1) is 5.92 Å². The fourth-order valence-electron chi connectivity index (χ4n) is 3.28. The molecule has 110 valence electrons. The summed E-state index contributed by atoms with van der Waals surface area (Å²) in [6.07, 6.45) is 4.31. The van der Waals surface area contributed by atoms with Crippen LogP contribution in [0.15, 0.2) is 5.38 Å². The summed E-state index contributed by atoms with van der Waals surface area (Å²) < 4.78 is 0. The van der Waals surface area contributed by atoms with Crippen LogP contribution in [0.3, 0.4) is 0 Å². The number of aryl methyl sites for hydroxylation is 1. The minimum Gasteiger partial charge on any atom is -0.354 e. The van der Waals surface area contributed by atoms with E-state index in [4.69, 9.17) is 11.6 Å². The normalized spacial score (nSPS) is 26.6. The molecule has 1 aromatic rings. The zero-order valence-electron chi connectivity index (χ0n) is 11.5. The number of piperidine rings is 1. The minimum atomic E-state index is 0.228. The molecule has 0 bridgehead atoms. The van der Waals surface area contributed by atoms with Gasteiger partial charge in [0.25, 0.3) is 0 Å². The quantitative estimate of drug-likeness (QED) is 0.846. The highest BCUT2D eigenvalue weighted by atomic mass is 35.5.